The van der Waals surface area contributed by atoms with Gasteiger partial charge < -0.3 is 10.2 Å². The summed E-state index contributed by atoms with van der Waals surface area (Å²) in [5, 5.41) is 2.77. The Morgan fingerprint density at radius 1 is 0.892 bits per heavy atom. The van der Waals surface area contributed by atoms with Crippen LogP contribution >= 0.6 is 0 Å². The summed E-state index contributed by atoms with van der Waals surface area (Å²) in [6.07, 6.45) is 0. The van der Waals surface area contributed by atoms with Crippen molar-refractivity contribution in [2.75, 3.05) is 17.4 Å². The molecule has 196 valence electrons. The molecule has 0 aliphatic carbocycles. The predicted molar refractivity (Wildman–Crippen MR) is 147 cm³/mol. The fraction of sp³-hybridized carbons (Fsp3) is 0.310. The fourth-order valence-corrected chi connectivity index (χ4v) is 5.69. The molecule has 0 radical (unpaired) electrons. The molecule has 8 heteroatoms. The average molecular weight is 522 g/mol. The Balaban J connectivity index is 2.07. The molecule has 37 heavy (non-hydrogen) atoms. The quantitative estimate of drug-likeness (QED) is 0.430. The Labute approximate surface area is 220 Å². The van der Waals surface area contributed by atoms with Crippen molar-refractivity contribution in [2.45, 2.75) is 52.1 Å². The van der Waals surface area contributed by atoms with E-state index in [0.29, 0.717) is 12.2 Å². The second kappa shape index (κ2) is 12.1. The van der Waals surface area contributed by atoms with Crippen molar-refractivity contribution < 1.29 is 18.0 Å². The number of sulfonamides is 1. The number of carbonyl (C=O) groups is 2. The number of benzene rings is 3. The van der Waals surface area contributed by atoms with E-state index in [2.05, 4.69) is 5.32 Å². The molecule has 0 fully saturated rings. The van der Waals surface area contributed by atoms with Gasteiger partial charge in [-0.05, 0) is 69.5 Å². The van der Waals surface area contributed by atoms with Gasteiger partial charge in [-0.15, -0.1) is 0 Å². The molecule has 0 aromatic heterocycles. The van der Waals surface area contributed by atoms with Gasteiger partial charge in [0.15, 0.2) is 0 Å². The summed E-state index contributed by atoms with van der Waals surface area (Å²) in [5.41, 5.74) is 4.00. The topological polar surface area (TPSA) is 86.8 Å². The number of likely N-dealkylation sites (N-methyl/N-ethyl adjacent to an activating group) is 1. The summed E-state index contributed by atoms with van der Waals surface area (Å²) >= 11 is 0. The first kappa shape index (κ1) is 27.9. The lowest BCUT2D eigenvalue weighted by Crippen LogP contribution is -2.51. The minimum Gasteiger partial charge on any atom is -0.355 e. The highest BCUT2D eigenvalue weighted by atomic mass is 32.2. The van der Waals surface area contributed by atoms with Gasteiger partial charge in [-0.3, -0.25) is 13.9 Å². The fourth-order valence-electron chi connectivity index (χ4n) is 4.19. The third kappa shape index (κ3) is 6.57. The van der Waals surface area contributed by atoms with E-state index in [1.165, 1.54) is 17.0 Å². The van der Waals surface area contributed by atoms with Crippen LogP contribution in [0.15, 0.2) is 77.7 Å². The monoisotopic (exact) mass is 521 g/mol. The molecule has 3 aromatic rings. The molecule has 0 unspecified atom stereocenters. The van der Waals surface area contributed by atoms with E-state index in [-0.39, 0.29) is 17.3 Å². The molecule has 3 rings (SSSR count). The van der Waals surface area contributed by atoms with E-state index in [0.717, 1.165) is 26.6 Å². The maximum absolute atomic E-state index is 13.9. The van der Waals surface area contributed by atoms with E-state index >= 15 is 0 Å². The van der Waals surface area contributed by atoms with Gasteiger partial charge >= 0.3 is 0 Å². The van der Waals surface area contributed by atoms with Crippen LogP contribution in [0, 0.1) is 20.8 Å². The zero-order valence-corrected chi connectivity index (χ0v) is 22.9. The lowest BCUT2D eigenvalue weighted by Gasteiger charge is -2.32. The van der Waals surface area contributed by atoms with E-state index in [1.54, 1.807) is 31.2 Å². The molecular weight excluding hydrogens is 486 g/mol. The Morgan fingerprint density at radius 3 is 2.16 bits per heavy atom. The van der Waals surface area contributed by atoms with Gasteiger partial charge in [0.1, 0.15) is 12.6 Å². The standard InChI is InChI=1S/C29H35N3O4S/c1-6-30-29(34)24(5)31(19-25-13-11-10-12-22(25)3)28(33)20-32(27-17-16-21(2)18-23(27)4)37(35,36)26-14-8-7-9-15-26/h7-18,24H,6,19-20H2,1-5H3,(H,30,34)/t24-/m0/s1. The second-order valence-electron chi connectivity index (χ2n) is 9.13. The zero-order chi connectivity index (χ0) is 27.2. The number of amides is 2. The summed E-state index contributed by atoms with van der Waals surface area (Å²) in [4.78, 5) is 28.2. The number of rotatable bonds is 10. The molecule has 0 saturated carbocycles. The van der Waals surface area contributed by atoms with Crippen LogP contribution in [0.25, 0.3) is 0 Å². The minimum atomic E-state index is -4.07. The predicted octanol–water partition coefficient (Wildman–Crippen LogP) is 4.36. The molecule has 0 spiro atoms. The zero-order valence-electron chi connectivity index (χ0n) is 22.1. The first-order valence-corrected chi connectivity index (χ1v) is 13.8. The molecule has 7 nitrogen and oxygen atoms in total. The molecule has 1 atom stereocenters. The second-order valence-corrected chi connectivity index (χ2v) is 11.0. The lowest BCUT2D eigenvalue weighted by atomic mass is 10.1. The van der Waals surface area contributed by atoms with Crippen LogP contribution in [0.2, 0.25) is 0 Å². The Morgan fingerprint density at radius 2 is 1.54 bits per heavy atom. The smallest absolute Gasteiger partial charge is 0.264 e. The van der Waals surface area contributed by atoms with Crippen molar-refractivity contribution in [1.82, 2.24) is 10.2 Å². The van der Waals surface area contributed by atoms with Crippen LogP contribution in [0.5, 0.6) is 0 Å². The molecule has 0 aliphatic rings. The van der Waals surface area contributed by atoms with Crippen LogP contribution < -0.4 is 9.62 Å². The Kier molecular flexibility index (Phi) is 9.10. The number of nitrogens with one attached hydrogen (secondary N) is 1. The number of hydrogen-bond acceptors (Lipinski definition) is 4. The van der Waals surface area contributed by atoms with E-state index in [9.17, 15) is 18.0 Å². The van der Waals surface area contributed by atoms with Gasteiger partial charge in [0.2, 0.25) is 11.8 Å². The molecular formula is C29H35N3O4S. The van der Waals surface area contributed by atoms with E-state index < -0.39 is 28.5 Å². The highest BCUT2D eigenvalue weighted by Crippen LogP contribution is 2.28. The third-order valence-electron chi connectivity index (χ3n) is 6.35. The molecule has 0 saturated heterocycles. The normalized spacial score (nSPS) is 12.0. The van der Waals surface area contributed by atoms with Crippen LogP contribution in [0.4, 0.5) is 5.69 Å². The third-order valence-corrected chi connectivity index (χ3v) is 8.13. The molecule has 3 aromatic carbocycles. The first-order chi connectivity index (χ1) is 17.6. The van der Waals surface area contributed by atoms with Gasteiger partial charge in [0, 0.05) is 13.1 Å². The number of carbonyl (C=O) groups excluding carboxylic acids is 2. The highest BCUT2D eigenvalue weighted by molar-refractivity contribution is 7.92. The van der Waals surface area contributed by atoms with Crippen molar-refractivity contribution >= 4 is 27.5 Å². The van der Waals surface area contributed by atoms with Gasteiger partial charge in [-0.2, -0.15) is 0 Å². The van der Waals surface area contributed by atoms with Crippen LogP contribution in [0.1, 0.15) is 36.1 Å². The summed E-state index contributed by atoms with van der Waals surface area (Å²) in [7, 11) is -4.07. The maximum atomic E-state index is 13.9. The van der Waals surface area contributed by atoms with Gasteiger partial charge in [-0.1, -0.05) is 60.2 Å². The van der Waals surface area contributed by atoms with Gasteiger partial charge in [-0.25, -0.2) is 8.42 Å². The van der Waals surface area contributed by atoms with Crippen molar-refractivity contribution in [1.29, 1.82) is 0 Å². The van der Waals surface area contributed by atoms with Crippen molar-refractivity contribution in [2.24, 2.45) is 0 Å². The largest absolute Gasteiger partial charge is 0.355 e. The number of aryl methyl sites for hydroxylation is 3. The number of nitrogens with zero attached hydrogens (tertiary/aromatic N) is 2. The van der Waals surface area contributed by atoms with Crippen molar-refractivity contribution in [3.8, 4) is 0 Å². The summed E-state index contributed by atoms with van der Waals surface area (Å²) < 4.78 is 28.8. The van der Waals surface area contributed by atoms with Crippen molar-refractivity contribution in [3.63, 3.8) is 0 Å². The number of hydrogen-bond donors (Lipinski definition) is 1. The number of anilines is 1. The minimum absolute atomic E-state index is 0.0880. The Hall–Kier alpha value is -3.65. The van der Waals surface area contributed by atoms with E-state index in [4.69, 9.17) is 0 Å². The summed E-state index contributed by atoms with van der Waals surface area (Å²) in [6, 6.07) is 20.3. The first-order valence-electron chi connectivity index (χ1n) is 12.3. The maximum Gasteiger partial charge on any atom is 0.264 e. The van der Waals surface area contributed by atoms with Crippen LogP contribution in [-0.4, -0.2) is 44.3 Å². The molecule has 1 N–H and O–H groups in total. The lowest BCUT2D eigenvalue weighted by molar-refractivity contribution is -0.139. The van der Waals surface area contributed by atoms with Crippen molar-refractivity contribution in [3.05, 3.63) is 95.1 Å². The van der Waals surface area contributed by atoms with E-state index in [1.807, 2.05) is 64.1 Å². The summed E-state index contributed by atoms with van der Waals surface area (Å²) in [5.74, 6) is -0.769. The molecule has 0 aliphatic heterocycles. The van der Waals surface area contributed by atoms with Gasteiger partial charge in [0.25, 0.3) is 10.0 Å². The highest BCUT2D eigenvalue weighted by Gasteiger charge is 2.33. The molecule has 0 heterocycles. The summed E-state index contributed by atoms with van der Waals surface area (Å²) in [6.45, 7) is 9.31. The SMILES string of the molecule is CCNC(=O)[C@H](C)N(Cc1ccccc1C)C(=O)CN(c1ccc(C)cc1C)S(=O)(=O)c1ccccc1. The average Bonchev–Trinajstić information content (AvgIpc) is 2.87. The Bertz CT molecular complexity index is 1360. The molecule has 2 amide bonds. The van der Waals surface area contributed by atoms with Gasteiger partial charge in [0.05, 0.1) is 10.6 Å². The van der Waals surface area contributed by atoms with Crippen LogP contribution in [0.3, 0.4) is 0 Å². The van der Waals surface area contributed by atoms with Crippen LogP contribution in [-0.2, 0) is 26.2 Å². The molecule has 0 bridgehead atoms.